The van der Waals surface area contributed by atoms with Gasteiger partial charge in [-0.15, -0.1) is 11.8 Å². The maximum absolute atomic E-state index is 12.1. The minimum absolute atomic E-state index is 0.111. The van der Waals surface area contributed by atoms with E-state index < -0.39 is 0 Å². The maximum atomic E-state index is 12.1. The van der Waals surface area contributed by atoms with Crippen LogP contribution in [0, 0.1) is 0 Å². The molecule has 2 aromatic carbocycles. The Labute approximate surface area is 159 Å². The van der Waals surface area contributed by atoms with Gasteiger partial charge >= 0.3 is 6.03 Å². The standard InChI is InChI=1S/C17H19BrN4O2S/c1-22(2)21-17(24)20-14-7-4-6-13(10-14)19-16(23)11-25-15-8-3-5-12(18)9-15/h3-10H,11H2,1-2H3,(H,19,23)(H2,20,21,24). The van der Waals surface area contributed by atoms with Gasteiger partial charge in [0.25, 0.3) is 0 Å². The number of hydrogen-bond donors (Lipinski definition) is 3. The fraction of sp³-hybridized carbons (Fsp3) is 0.176. The minimum atomic E-state index is -0.348. The lowest BCUT2D eigenvalue weighted by Crippen LogP contribution is -2.39. The zero-order valence-corrected chi connectivity index (χ0v) is 16.3. The van der Waals surface area contributed by atoms with Gasteiger partial charge < -0.3 is 10.6 Å². The number of benzene rings is 2. The summed E-state index contributed by atoms with van der Waals surface area (Å²) < 4.78 is 0.979. The molecule has 0 heterocycles. The molecule has 0 spiro atoms. The van der Waals surface area contributed by atoms with Gasteiger partial charge in [0, 0.05) is 34.8 Å². The number of anilines is 2. The number of hydrazine groups is 1. The summed E-state index contributed by atoms with van der Waals surface area (Å²) in [5.41, 5.74) is 3.80. The normalized spacial score (nSPS) is 10.4. The lowest BCUT2D eigenvalue weighted by Gasteiger charge is -2.13. The second kappa shape index (κ2) is 9.45. The van der Waals surface area contributed by atoms with Gasteiger partial charge in [0.2, 0.25) is 5.91 Å². The molecule has 0 aliphatic carbocycles. The van der Waals surface area contributed by atoms with Gasteiger partial charge in [-0.1, -0.05) is 28.1 Å². The van der Waals surface area contributed by atoms with E-state index in [0.29, 0.717) is 17.1 Å². The van der Waals surface area contributed by atoms with Gasteiger partial charge in [0.05, 0.1) is 5.75 Å². The average Bonchev–Trinajstić information content (AvgIpc) is 2.52. The van der Waals surface area contributed by atoms with E-state index in [9.17, 15) is 9.59 Å². The fourth-order valence-corrected chi connectivity index (χ4v) is 3.25. The summed E-state index contributed by atoms with van der Waals surface area (Å²) in [7, 11) is 3.44. The van der Waals surface area contributed by atoms with Crippen molar-refractivity contribution in [3.8, 4) is 0 Å². The Morgan fingerprint density at radius 3 is 2.40 bits per heavy atom. The van der Waals surface area contributed by atoms with Gasteiger partial charge in [-0.25, -0.2) is 9.80 Å². The van der Waals surface area contributed by atoms with Gasteiger partial charge in [-0.2, -0.15) is 0 Å². The topological polar surface area (TPSA) is 73.5 Å². The van der Waals surface area contributed by atoms with Crippen LogP contribution >= 0.6 is 27.7 Å². The van der Waals surface area contributed by atoms with Crippen LogP contribution in [0.3, 0.4) is 0 Å². The van der Waals surface area contributed by atoms with E-state index in [1.54, 1.807) is 43.4 Å². The molecular formula is C17H19BrN4O2S. The zero-order chi connectivity index (χ0) is 18.2. The molecule has 0 fully saturated rings. The minimum Gasteiger partial charge on any atom is -0.325 e. The molecule has 3 N–H and O–H groups in total. The number of halogens is 1. The first kappa shape index (κ1) is 19.3. The monoisotopic (exact) mass is 422 g/mol. The van der Waals surface area contributed by atoms with E-state index in [4.69, 9.17) is 0 Å². The van der Waals surface area contributed by atoms with Crippen molar-refractivity contribution >= 4 is 51.0 Å². The van der Waals surface area contributed by atoms with Crippen molar-refractivity contribution in [1.29, 1.82) is 0 Å². The molecule has 25 heavy (non-hydrogen) atoms. The van der Waals surface area contributed by atoms with E-state index in [-0.39, 0.29) is 11.9 Å². The Morgan fingerprint density at radius 1 is 1.04 bits per heavy atom. The molecule has 2 rings (SSSR count). The molecule has 0 bridgehead atoms. The first-order valence-electron chi connectivity index (χ1n) is 7.45. The van der Waals surface area contributed by atoms with Crippen LogP contribution < -0.4 is 16.1 Å². The number of carbonyl (C=O) groups excluding carboxylic acids is 2. The van der Waals surface area contributed by atoms with Crippen molar-refractivity contribution in [1.82, 2.24) is 10.4 Å². The smallest absolute Gasteiger partial charge is 0.325 e. The van der Waals surface area contributed by atoms with E-state index in [2.05, 4.69) is 32.0 Å². The van der Waals surface area contributed by atoms with E-state index in [0.717, 1.165) is 9.37 Å². The molecule has 2 aromatic rings. The van der Waals surface area contributed by atoms with Gasteiger partial charge in [-0.05, 0) is 36.4 Å². The molecule has 0 saturated carbocycles. The van der Waals surface area contributed by atoms with Gasteiger partial charge in [0.15, 0.2) is 0 Å². The number of hydrogen-bond acceptors (Lipinski definition) is 4. The molecule has 8 heteroatoms. The maximum Gasteiger partial charge on any atom is 0.333 e. The van der Waals surface area contributed by atoms with E-state index in [1.807, 2.05) is 24.3 Å². The summed E-state index contributed by atoms with van der Waals surface area (Å²) in [6, 6.07) is 14.4. The molecule has 132 valence electrons. The van der Waals surface area contributed by atoms with E-state index >= 15 is 0 Å². The molecule has 3 amide bonds. The highest BCUT2D eigenvalue weighted by molar-refractivity contribution is 9.10. The molecule has 0 saturated heterocycles. The Balaban J connectivity index is 1.88. The van der Waals surface area contributed by atoms with Crippen molar-refractivity contribution < 1.29 is 9.59 Å². The van der Waals surface area contributed by atoms with E-state index in [1.165, 1.54) is 11.8 Å². The SMILES string of the molecule is CN(C)NC(=O)Nc1cccc(NC(=O)CSc2cccc(Br)c2)c1. The number of thioether (sulfide) groups is 1. The quantitative estimate of drug-likeness (QED) is 0.489. The summed E-state index contributed by atoms with van der Waals surface area (Å²) in [6.07, 6.45) is 0. The van der Waals surface area contributed by atoms with Crippen molar-refractivity contribution in [2.45, 2.75) is 4.90 Å². The Bertz CT molecular complexity index is 755. The van der Waals surface area contributed by atoms with Crippen LogP contribution in [0.25, 0.3) is 0 Å². The molecule has 0 unspecified atom stereocenters. The largest absolute Gasteiger partial charge is 0.333 e. The summed E-state index contributed by atoms with van der Waals surface area (Å²) in [6.45, 7) is 0. The highest BCUT2D eigenvalue weighted by Crippen LogP contribution is 2.22. The third-order valence-electron chi connectivity index (χ3n) is 2.90. The van der Waals surface area contributed by atoms with Crippen molar-refractivity contribution in [3.63, 3.8) is 0 Å². The summed E-state index contributed by atoms with van der Waals surface area (Å²) in [4.78, 5) is 24.8. The second-order valence-electron chi connectivity index (χ2n) is 5.34. The van der Waals surface area contributed by atoms with Crippen molar-refractivity contribution in [2.24, 2.45) is 0 Å². The van der Waals surface area contributed by atoms with Crippen molar-refractivity contribution in [3.05, 3.63) is 53.0 Å². The van der Waals surface area contributed by atoms with Crippen LogP contribution in [0.1, 0.15) is 0 Å². The number of amides is 3. The Hall–Kier alpha value is -2.03. The molecular weight excluding hydrogens is 404 g/mol. The number of urea groups is 1. The summed E-state index contributed by atoms with van der Waals surface area (Å²) in [5.74, 6) is 0.190. The van der Waals surface area contributed by atoms with Gasteiger partial charge in [-0.3, -0.25) is 10.2 Å². The first-order chi connectivity index (χ1) is 11.9. The lowest BCUT2D eigenvalue weighted by atomic mass is 10.3. The second-order valence-corrected chi connectivity index (χ2v) is 7.30. The Morgan fingerprint density at radius 2 is 1.72 bits per heavy atom. The molecule has 0 aliphatic heterocycles. The van der Waals surface area contributed by atoms with Crippen LogP contribution in [0.2, 0.25) is 0 Å². The van der Waals surface area contributed by atoms with Crippen molar-refractivity contribution in [2.75, 3.05) is 30.5 Å². The molecule has 0 aromatic heterocycles. The number of rotatable bonds is 6. The first-order valence-corrected chi connectivity index (χ1v) is 9.23. The fourth-order valence-electron chi connectivity index (χ4n) is 1.94. The van der Waals surface area contributed by atoms with Crippen LogP contribution in [0.5, 0.6) is 0 Å². The third kappa shape index (κ3) is 7.16. The third-order valence-corrected chi connectivity index (χ3v) is 4.38. The van der Waals surface area contributed by atoms with Crippen LogP contribution in [-0.2, 0) is 4.79 Å². The lowest BCUT2D eigenvalue weighted by molar-refractivity contribution is -0.113. The predicted molar refractivity (Wildman–Crippen MR) is 106 cm³/mol. The van der Waals surface area contributed by atoms with Crippen LogP contribution in [0.4, 0.5) is 16.2 Å². The van der Waals surface area contributed by atoms with Crippen LogP contribution in [-0.4, -0.2) is 36.8 Å². The highest BCUT2D eigenvalue weighted by atomic mass is 79.9. The zero-order valence-electron chi connectivity index (χ0n) is 13.9. The molecule has 6 nitrogen and oxygen atoms in total. The molecule has 0 radical (unpaired) electrons. The van der Waals surface area contributed by atoms with Gasteiger partial charge in [0.1, 0.15) is 0 Å². The summed E-state index contributed by atoms with van der Waals surface area (Å²) >= 11 is 4.87. The number of carbonyl (C=O) groups is 2. The number of nitrogens with zero attached hydrogens (tertiary/aromatic N) is 1. The number of nitrogens with one attached hydrogen (secondary N) is 3. The van der Waals surface area contributed by atoms with Crippen LogP contribution in [0.15, 0.2) is 57.9 Å². The highest BCUT2D eigenvalue weighted by Gasteiger charge is 2.06. The molecule has 0 atom stereocenters. The summed E-state index contributed by atoms with van der Waals surface area (Å²) in [5, 5.41) is 7.07. The Kier molecular flexibility index (Phi) is 7.30. The average molecular weight is 423 g/mol. The predicted octanol–water partition coefficient (Wildman–Crippen LogP) is 3.78. The molecule has 0 aliphatic rings.